The van der Waals surface area contributed by atoms with Crippen molar-refractivity contribution in [3.8, 4) is 0 Å². The third kappa shape index (κ3) is 2.32. The summed E-state index contributed by atoms with van der Waals surface area (Å²) in [5.41, 5.74) is 3.58. The molecule has 3 aromatic rings. The molecule has 1 aromatic carbocycles. The monoisotopic (exact) mass is 317 g/mol. The Hall–Kier alpha value is -1.55. The molecule has 0 radical (unpaired) electrons. The van der Waals surface area contributed by atoms with Crippen molar-refractivity contribution in [2.75, 3.05) is 0 Å². The van der Waals surface area contributed by atoms with Gasteiger partial charge < -0.3 is 4.57 Å². The highest BCUT2D eigenvalue weighted by atomic mass is 79.9. The number of fused-ring (bicyclic) bond motifs is 1. The minimum absolute atomic E-state index is 0.861. The van der Waals surface area contributed by atoms with Gasteiger partial charge in [0.05, 0.1) is 17.9 Å². The third-order valence-corrected chi connectivity index (χ3v) is 3.84. The lowest BCUT2D eigenvalue weighted by Crippen LogP contribution is -2.07. The van der Waals surface area contributed by atoms with Crippen LogP contribution in [0.1, 0.15) is 18.3 Å². The molecule has 19 heavy (non-hydrogen) atoms. The molecule has 0 aliphatic rings. The molecule has 0 saturated carbocycles. The van der Waals surface area contributed by atoms with Gasteiger partial charge in [0.1, 0.15) is 0 Å². The van der Waals surface area contributed by atoms with E-state index in [4.69, 9.17) is 0 Å². The predicted octanol–water partition coefficient (Wildman–Crippen LogP) is 3.98. The molecule has 0 aliphatic heterocycles. The average molecular weight is 318 g/mol. The Morgan fingerprint density at radius 3 is 2.84 bits per heavy atom. The third-order valence-electron chi connectivity index (χ3n) is 3.35. The van der Waals surface area contributed by atoms with Crippen LogP contribution in [0.3, 0.4) is 0 Å². The van der Waals surface area contributed by atoms with Gasteiger partial charge in [-0.3, -0.25) is 4.68 Å². The fraction of sp³-hybridized carbons (Fsp3) is 0.267. The molecule has 0 saturated heterocycles. The highest BCUT2D eigenvalue weighted by molar-refractivity contribution is 9.10. The first-order valence-electron chi connectivity index (χ1n) is 6.45. The summed E-state index contributed by atoms with van der Waals surface area (Å²) in [7, 11) is 0. The maximum absolute atomic E-state index is 4.50. The lowest BCUT2D eigenvalue weighted by atomic mass is 10.2. The summed E-state index contributed by atoms with van der Waals surface area (Å²) < 4.78 is 5.46. The van der Waals surface area contributed by atoms with Crippen LogP contribution in [0.25, 0.3) is 10.9 Å². The fourth-order valence-electron chi connectivity index (χ4n) is 2.48. The van der Waals surface area contributed by atoms with Crippen molar-refractivity contribution in [3.63, 3.8) is 0 Å². The molecule has 3 nitrogen and oxygen atoms in total. The molecule has 4 heteroatoms. The number of aromatic nitrogens is 3. The predicted molar refractivity (Wildman–Crippen MR) is 81.4 cm³/mol. The summed E-state index contributed by atoms with van der Waals surface area (Å²) in [6.45, 7) is 5.94. The summed E-state index contributed by atoms with van der Waals surface area (Å²) in [4.78, 5) is 0. The van der Waals surface area contributed by atoms with Gasteiger partial charge >= 0.3 is 0 Å². The van der Waals surface area contributed by atoms with Crippen LogP contribution in [-0.4, -0.2) is 14.3 Å². The van der Waals surface area contributed by atoms with Crippen LogP contribution in [0.2, 0.25) is 0 Å². The lowest BCUT2D eigenvalue weighted by molar-refractivity contribution is 0.602. The van der Waals surface area contributed by atoms with Crippen molar-refractivity contribution in [3.05, 3.63) is 52.4 Å². The second-order valence-electron chi connectivity index (χ2n) is 4.74. The second kappa shape index (κ2) is 4.85. The van der Waals surface area contributed by atoms with E-state index in [1.807, 2.05) is 6.92 Å². The topological polar surface area (TPSA) is 22.8 Å². The van der Waals surface area contributed by atoms with E-state index >= 15 is 0 Å². The van der Waals surface area contributed by atoms with Crippen molar-refractivity contribution >= 4 is 26.8 Å². The molecule has 0 bridgehead atoms. The number of hydrogen-bond donors (Lipinski definition) is 0. The summed E-state index contributed by atoms with van der Waals surface area (Å²) in [6.07, 6.45) is 2.14. The molecule has 3 rings (SSSR count). The number of hydrogen-bond acceptors (Lipinski definition) is 1. The van der Waals surface area contributed by atoms with Gasteiger partial charge in [-0.15, -0.1) is 0 Å². The Morgan fingerprint density at radius 1 is 1.21 bits per heavy atom. The van der Waals surface area contributed by atoms with Crippen LogP contribution in [0.4, 0.5) is 0 Å². The number of aryl methyl sites for hydroxylation is 2. The molecule has 0 N–H and O–H groups in total. The number of rotatable bonds is 3. The Kier molecular flexibility index (Phi) is 3.19. The Labute approximate surface area is 121 Å². The van der Waals surface area contributed by atoms with E-state index in [-0.39, 0.29) is 0 Å². The smallest absolute Gasteiger partial charge is 0.0645 e. The zero-order chi connectivity index (χ0) is 13.4. The van der Waals surface area contributed by atoms with Gasteiger partial charge in [-0.1, -0.05) is 15.9 Å². The van der Waals surface area contributed by atoms with E-state index in [0.29, 0.717) is 0 Å². The normalized spacial score (nSPS) is 11.3. The van der Waals surface area contributed by atoms with Crippen LogP contribution in [-0.2, 0) is 13.1 Å². The molecular weight excluding hydrogens is 302 g/mol. The van der Waals surface area contributed by atoms with E-state index in [2.05, 4.69) is 73.7 Å². The summed E-state index contributed by atoms with van der Waals surface area (Å²) in [5, 5.41) is 5.76. The SMILES string of the molecule is CCn1nc(C)cc1Cn1ccc2cc(Br)ccc21. The van der Waals surface area contributed by atoms with E-state index in [9.17, 15) is 0 Å². The Morgan fingerprint density at radius 2 is 2.05 bits per heavy atom. The van der Waals surface area contributed by atoms with E-state index in [1.165, 1.54) is 16.6 Å². The highest BCUT2D eigenvalue weighted by Gasteiger charge is 2.07. The number of halogens is 1. The quantitative estimate of drug-likeness (QED) is 0.716. The largest absolute Gasteiger partial charge is 0.341 e. The van der Waals surface area contributed by atoms with Gasteiger partial charge in [0, 0.05) is 28.1 Å². The van der Waals surface area contributed by atoms with E-state index < -0.39 is 0 Å². The van der Waals surface area contributed by atoms with Gasteiger partial charge in [-0.25, -0.2) is 0 Å². The summed E-state index contributed by atoms with van der Waals surface area (Å²) >= 11 is 3.51. The van der Waals surface area contributed by atoms with E-state index in [1.54, 1.807) is 0 Å². The van der Waals surface area contributed by atoms with Gasteiger partial charge in [0.2, 0.25) is 0 Å². The zero-order valence-corrected chi connectivity index (χ0v) is 12.7. The molecule has 0 spiro atoms. The first-order chi connectivity index (χ1) is 9.17. The van der Waals surface area contributed by atoms with Gasteiger partial charge in [-0.05, 0) is 44.2 Å². The molecule has 0 amide bonds. The van der Waals surface area contributed by atoms with Crippen LogP contribution >= 0.6 is 15.9 Å². The van der Waals surface area contributed by atoms with Crippen molar-refractivity contribution < 1.29 is 0 Å². The minimum atomic E-state index is 0.861. The highest BCUT2D eigenvalue weighted by Crippen LogP contribution is 2.21. The standard InChI is InChI=1S/C15H16BrN3/c1-3-19-14(8-11(2)17-19)10-18-7-6-12-9-13(16)4-5-15(12)18/h4-9H,3,10H2,1-2H3. The molecule has 0 aliphatic carbocycles. The maximum atomic E-state index is 4.50. The van der Waals surface area contributed by atoms with Crippen molar-refractivity contribution in [1.82, 2.24) is 14.3 Å². The number of nitrogens with zero attached hydrogens (tertiary/aromatic N) is 3. The van der Waals surface area contributed by atoms with Crippen LogP contribution in [0.5, 0.6) is 0 Å². The lowest BCUT2D eigenvalue weighted by Gasteiger charge is -2.07. The molecule has 0 atom stereocenters. The van der Waals surface area contributed by atoms with Crippen molar-refractivity contribution in [1.29, 1.82) is 0 Å². The minimum Gasteiger partial charge on any atom is -0.341 e. The first kappa shape index (κ1) is 12.5. The van der Waals surface area contributed by atoms with Gasteiger partial charge in [0.15, 0.2) is 0 Å². The Bertz CT molecular complexity index is 724. The van der Waals surface area contributed by atoms with Crippen LogP contribution in [0, 0.1) is 6.92 Å². The van der Waals surface area contributed by atoms with Gasteiger partial charge in [-0.2, -0.15) is 5.10 Å². The Balaban J connectivity index is 2.01. The molecule has 0 unspecified atom stereocenters. The van der Waals surface area contributed by atoms with Gasteiger partial charge in [0.25, 0.3) is 0 Å². The molecule has 2 aromatic heterocycles. The second-order valence-corrected chi connectivity index (χ2v) is 5.66. The van der Waals surface area contributed by atoms with Crippen molar-refractivity contribution in [2.45, 2.75) is 26.9 Å². The van der Waals surface area contributed by atoms with Crippen LogP contribution in [0.15, 0.2) is 41.0 Å². The fourth-order valence-corrected chi connectivity index (χ4v) is 2.86. The van der Waals surface area contributed by atoms with Crippen molar-refractivity contribution in [2.24, 2.45) is 0 Å². The molecule has 98 valence electrons. The number of benzene rings is 1. The average Bonchev–Trinajstić information content (AvgIpc) is 2.93. The van der Waals surface area contributed by atoms with Crippen LogP contribution < -0.4 is 0 Å². The summed E-state index contributed by atoms with van der Waals surface area (Å²) in [5.74, 6) is 0. The zero-order valence-electron chi connectivity index (χ0n) is 11.1. The summed E-state index contributed by atoms with van der Waals surface area (Å²) in [6, 6.07) is 10.7. The molecule has 2 heterocycles. The molecule has 0 fully saturated rings. The first-order valence-corrected chi connectivity index (χ1v) is 7.24. The molecular formula is C15H16BrN3. The van der Waals surface area contributed by atoms with E-state index in [0.717, 1.165) is 23.3 Å². The maximum Gasteiger partial charge on any atom is 0.0645 e.